The summed E-state index contributed by atoms with van der Waals surface area (Å²) in [5.41, 5.74) is 8.78. The van der Waals surface area contributed by atoms with Crippen LogP contribution in [0.1, 0.15) is 19.3 Å². The highest BCUT2D eigenvalue weighted by Gasteiger charge is 2.19. The Morgan fingerprint density at radius 3 is 3.04 bits per heavy atom. The summed E-state index contributed by atoms with van der Waals surface area (Å²) in [4.78, 5) is 25.4. The van der Waals surface area contributed by atoms with E-state index in [0.717, 1.165) is 54.6 Å². The van der Waals surface area contributed by atoms with Gasteiger partial charge in [-0.3, -0.25) is 4.79 Å². The second-order valence-electron chi connectivity index (χ2n) is 6.51. The van der Waals surface area contributed by atoms with Crippen molar-refractivity contribution < 1.29 is 4.79 Å². The number of nitrogens with one attached hydrogen (secondary N) is 2. The van der Waals surface area contributed by atoms with Crippen LogP contribution in [0.5, 0.6) is 0 Å². The summed E-state index contributed by atoms with van der Waals surface area (Å²) < 4.78 is 0. The molecule has 2 aromatic heterocycles. The number of rotatable bonds is 6. The summed E-state index contributed by atoms with van der Waals surface area (Å²) in [7, 11) is 0. The molecular weight excluding hydrogens is 328 g/mol. The number of H-pyrrole nitrogens is 1. The van der Waals surface area contributed by atoms with Gasteiger partial charge in [-0.05, 0) is 25.0 Å². The van der Waals surface area contributed by atoms with Crippen molar-refractivity contribution in [2.24, 2.45) is 0 Å². The SMILES string of the molecule is Nc1nc(NCCCN2CCCC2=O)cc(-c2cccc3[nH]ccc23)n1. The summed E-state index contributed by atoms with van der Waals surface area (Å²) in [6, 6.07) is 10.00. The highest BCUT2D eigenvalue weighted by Crippen LogP contribution is 2.28. The van der Waals surface area contributed by atoms with Crippen molar-refractivity contribution in [3.8, 4) is 11.3 Å². The van der Waals surface area contributed by atoms with E-state index in [-0.39, 0.29) is 11.9 Å². The molecule has 0 atom stereocenters. The Kier molecular flexibility index (Phi) is 4.43. The van der Waals surface area contributed by atoms with Crippen LogP contribution in [0.3, 0.4) is 0 Å². The van der Waals surface area contributed by atoms with Gasteiger partial charge >= 0.3 is 0 Å². The zero-order valence-corrected chi connectivity index (χ0v) is 14.5. The number of aromatic amines is 1. The lowest BCUT2D eigenvalue weighted by atomic mass is 10.1. The molecule has 0 bridgehead atoms. The molecule has 1 saturated heterocycles. The Morgan fingerprint density at radius 2 is 2.19 bits per heavy atom. The van der Waals surface area contributed by atoms with Crippen molar-refractivity contribution in [3.05, 3.63) is 36.5 Å². The van der Waals surface area contributed by atoms with Gasteiger partial charge in [-0.2, -0.15) is 4.98 Å². The van der Waals surface area contributed by atoms with Crippen molar-refractivity contribution in [1.82, 2.24) is 19.9 Å². The van der Waals surface area contributed by atoms with E-state index < -0.39 is 0 Å². The van der Waals surface area contributed by atoms with E-state index in [1.54, 1.807) is 0 Å². The number of anilines is 2. The third-order valence-corrected chi connectivity index (χ3v) is 4.70. The predicted octanol–water partition coefficient (Wildman–Crippen LogP) is 2.63. The molecule has 3 aromatic rings. The molecule has 0 unspecified atom stereocenters. The second-order valence-corrected chi connectivity index (χ2v) is 6.51. The standard InChI is InChI=1S/C19H22N6O/c20-19-23-16(13-4-1-5-15-14(13)7-9-21-15)12-17(24-19)22-8-3-11-25-10-2-6-18(25)26/h1,4-5,7,9,12,21H,2-3,6,8,10-11H2,(H3,20,22,23,24). The predicted molar refractivity (Wildman–Crippen MR) is 103 cm³/mol. The lowest BCUT2D eigenvalue weighted by Gasteiger charge is -2.15. The lowest BCUT2D eigenvalue weighted by molar-refractivity contribution is -0.127. The van der Waals surface area contributed by atoms with Gasteiger partial charge in [-0.1, -0.05) is 12.1 Å². The van der Waals surface area contributed by atoms with Gasteiger partial charge in [0.25, 0.3) is 0 Å². The van der Waals surface area contributed by atoms with E-state index in [0.29, 0.717) is 12.2 Å². The fraction of sp³-hybridized carbons (Fsp3) is 0.316. The van der Waals surface area contributed by atoms with Gasteiger partial charge in [0.15, 0.2) is 0 Å². The molecule has 4 N–H and O–H groups in total. The molecule has 134 valence electrons. The van der Waals surface area contributed by atoms with Crippen molar-refractivity contribution in [1.29, 1.82) is 0 Å². The van der Waals surface area contributed by atoms with Crippen LogP contribution in [0.25, 0.3) is 22.2 Å². The summed E-state index contributed by atoms with van der Waals surface area (Å²) in [5.74, 6) is 1.21. The molecule has 3 heterocycles. The second kappa shape index (κ2) is 7.03. The van der Waals surface area contributed by atoms with Crippen LogP contribution >= 0.6 is 0 Å². The maximum absolute atomic E-state index is 11.6. The van der Waals surface area contributed by atoms with Gasteiger partial charge in [0, 0.05) is 54.8 Å². The average Bonchev–Trinajstić information content (AvgIpc) is 3.27. The average molecular weight is 350 g/mol. The summed E-state index contributed by atoms with van der Waals surface area (Å²) >= 11 is 0. The molecule has 26 heavy (non-hydrogen) atoms. The van der Waals surface area contributed by atoms with Gasteiger partial charge in [0.1, 0.15) is 5.82 Å². The molecular formula is C19H22N6O. The number of carbonyl (C=O) groups is 1. The normalized spacial score (nSPS) is 14.3. The van der Waals surface area contributed by atoms with E-state index in [9.17, 15) is 4.79 Å². The topological polar surface area (TPSA) is 99.9 Å². The third-order valence-electron chi connectivity index (χ3n) is 4.70. The first kappa shape index (κ1) is 16.4. The molecule has 4 rings (SSSR count). The van der Waals surface area contributed by atoms with Crippen molar-refractivity contribution >= 4 is 28.6 Å². The minimum Gasteiger partial charge on any atom is -0.370 e. The number of hydrogen-bond acceptors (Lipinski definition) is 5. The minimum atomic E-state index is 0.243. The molecule has 1 fully saturated rings. The maximum atomic E-state index is 11.6. The Balaban J connectivity index is 1.46. The first-order chi connectivity index (χ1) is 12.7. The number of aromatic nitrogens is 3. The lowest BCUT2D eigenvalue weighted by Crippen LogP contribution is -2.27. The van der Waals surface area contributed by atoms with Crippen LogP contribution in [0.2, 0.25) is 0 Å². The number of nitrogens with zero attached hydrogens (tertiary/aromatic N) is 3. The van der Waals surface area contributed by atoms with Crippen molar-refractivity contribution in [2.75, 3.05) is 30.7 Å². The Hall–Kier alpha value is -3.09. The molecule has 0 radical (unpaired) electrons. The molecule has 0 saturated carbocycles. The summed E-state index contributed by atoms with van der Waals surface area (Å²) in [6.45, 7) is 2.39. The molecule has 7 heteroatoms. The van der Waals surface area contributed by atoms with Crippen LogP contribution in [0.15, 0.2) is 36.5 Å². The maximum Gasteiger partial charge on any atom is 0.222 e. The number of likely N-dealkylation sites (tertiary alicyclic amines) is 1. The Morgan fingerprint density at radius 1 is 1.27 bits per heavy atom. The summed E-state index contributed by atoms with van der Waals surface area (Å²) in [6.07, 6.45) is 4.45. The number of nitrogen functional groups attached to an aromatic ring is 1. The quantitative estimate of drug-likeness (QED) is 0.594. The number of nitrogens with two attached hydrogens (primary N) is 1. The fourth-order valence-electron chi connectivity index (χ4n) is 3.43. The first-order valence-electron chi connectivity index (χ1n) is 8.93. The molecule has 1 aliphatic heterocycles. The van der Waals surface area contributed by atoms with Crippen LogP contribution < -0.4 is 11.1 Å². The number of amides is 1. The number of carbonyl (C=O) groups excluding carboxylic acids is 1. The van der Waals surface area contributed by atoms with Crippen LogP contribution in [0, 0.1) is 0 Å². The number of fused-ring (bicyclic) bond motifs is 1. The van der Waals surface area contributed by atoms with E-state index in [4.69, 9.17) is 5.73 Å². The van der Waals surface area contributed by atoms with Crippen molar-refractivity contribution in [2.45, 2.75) is 19.3 Å². The zero-order chi connectivity index (χ0) is 17.9. The van der Waals surface area contributed by atoms with E-state index in [1.807, 2.05) is 41.4 Å². The molecule has 0 spiro atoms. The minimum absolute atomic E-state index is 0.243. The monoisotopic (exact) mass is 350 g/mol. The van der Waals surface area contributed by atoms with E-state index in [1.165, 1.54) is 0 Å². The zero-order valence-electron chi connectivity index (χ0n) is 14.5. The van der Waals surface area contributed by atoms with Gasteiger partial charge in [-0.25, -0.2) is 4.98 Å². The summed E-state index contributed by atoms with van der Waals surface area (Å²) in [5, 5.41) is 4.40. The Labute approximate surface area is 151 Å². The van der Waals surface area contributed by atoms with Crippen molar-refractivity contribution in [3.63, 3.8) is 0 Å². The van der Waals surface area contributed by atoms with Gasteiger partial charge in [0.2, 0.25) is 11.9 Å². The largest absolute Gasteiger partial charge is 0.370 e. The van der Waals surface area contributed by atoms with Gasteiger partial charge in [-0.15, -0.1) is 0 Å². The highest BCUT2D eigenvalue weighted by atomic mass is 16.2. The third kappa shape index (κ3) is 3.33. The van der Waals surface area contributed by atoms with E-state index in [2.05, 4.69) is 20.3 Å². The number of benzene rings is 1. The molecule has 1 aliphatic rings. The molecule has 1 aromatic carbocycles. The van der Waals surface area contributed by atoms with Crippen LogP contribution in [-0.4, -0.2) is 45.4 Å². The number of hydrogen-bond donors (Lipinski definition) is 3. The molecule has 0 aliphatic carbocycles. The van der Waals surface area contributed by atoms with Gasteiger partial charge < -0.3 is 20.9 Å². The Bertz CT molecular complexity index is 935. The molecule has 7 nitrogen and oxygen atoms in total. The van der Waals surface area contributed by atoms with Crippen LogP contribution in [0.4, 0.5) is 11.8 Å². The molecule has 1 amide bonds. The first-order valence-corrected chi connectivity index (χ1v) is 8.93. The van der Waals surface area contributed by atoms with Crippen LogP contribution in [-0.2, 0) is 4.79 Å². The van der Waals surface area contributed by atoms with E-state index >= 15 is 0 Å². The van der Waals surface area contributed by atoms with Gasteiger partial charge in [0.05, 0.1) is 5.69 Å². The highest BCUT2D eigenvalue weighted by molar-refractivity contribution is 5.94. The smallest absolute Gasteiger partial charge is 0.222 e. The fourth-order valence-corrected chi connectivity index (χ4v) is 3.43.